The van der Waals surface area contributed by atoms with Gasteiger partial charge in [0, 0.05) is 25.2 Å². The molecule has 0 saturated carbocycles. The number of aromatic nitrogens is 4. The molecule has 0 unspecified atom stereocenters. The van der Waals surface area contributed by atoms with Gasteiger partial charge in [0.2, 0.25) is 5.95 Å². The van der Waals surface area contributed by atoms with E-state index in [-0.39, 0.29) is 6.67 Å². The molecule has 1 aromatic carbocycles. The van der Waals surface area contributed by atoms with E-state index in [9.17, 15) is 4.39 Å². The number of aryl methyl sites for hydroxylation is 2. The molecule has 0 spiro atoms. The second-order valence-corrected chi connectivity index (χ2v) is 6.21. The van der Waals surface area contributed by atoms with Crippen LogP contribution < -0.4 is 10.6 Å². The number of nitrogens with one attached hydrogen (secondary N) is 2. The predicted molar refractivity (Wildman–Crippen MR) is 98.9 cm³/mol. The third-order valence-electron chi connectivity index (χ3n) is 3.88. The van der Waals surface area contributed by atoms with Gasteiger partial charge in [0.05, 0.1) is 18.3 Å². The van der Waals surface area contributed by atoms with Crippen molar-refractivity contribution in [2.75, 3.05) is 23.9 Å². The summed E-state index contributed by atoms with van der Waals surface area (Å²) in [4.78, 5) is 8.94. The molecule has 2 heterocycles. The fourth-order valence-corrected chi connectivity index (χ4v) is 2.64. The quantitative estimate of drug-likeness (QED) is 0.627. The minimum absolute atomic E-state index is 0.375. The lowest BCUT2D eigenvalue weighted by Crippen LogP contribution is -2.10. The number of fused-ring (bicyclic) bond motifs is 1. The second kappa shape index (κ2) is 7.65. The molecular weight excluding hydrogens is 343 g/mol. The molecule has 8 heteroatoms. The van der Waals surface area contributed by atoms with Crippen molar-refractivity contribution in [3.05, 3.63) is 40.5 Å². The maximum Gasteiger partial charge on any atom is 0.226 e. The third-order valence-corrected chi connectivity index (χ3v) is 4.29. The van der Waals surface area contributed by atoms with Crippen LogP contribution in [0.3, 0.4) is 0 Å². The van der Waals surface area contributed by atoms with Crippen molar-refractivity contribution in [2.24, 2.45) is 7.05 Å². The molecule has 0 saturated heterocycles. The standard InChI is InChI=1S/C17H20ClFN6/c1-11-4-5-12(8-14(11)18)9-21-15-13-10-22-25(2)16(13)24-17(23-15)20-7-3-6-19/h4-5,8,10H,3,6-7,9H2,1-2H3,(H2,20,21,23,24). The highest BCUT2D eigenvalue weighted by molar-refractivity contribution is 6.31. The topological polar surface area (TPSA) is 67.7 Å². The molecule has 0 fully saturated rings. The van der Waals surface area contributed by atoms with Crippen LogP contribution in [0.1, 0.15) is 17.5 Å². The normalized spacial score (nSPS) is 11.0. The lowest BCUT2D eigenvalue weighted by molar-refractivity contribution is 0.481. The molecule has 0 amide bonds. The molecule has 6 nitrogen and oxygen atoms in total. The van der Waals surface area contributed by atoms with E-state index in [0.29, 0.717) is 36.9 Å². The van der Waals surface area contributed by atoms with Crippen LogP contribution in [0.25, 0.3) is 11.0 Å². The fourth-order valence-electron chi connectivity index (χ4n) is 2.44. The van der Waals surface area contributed by atoms with E-state index in [1.807, 2.05) is 32.2 Å². The highest BCUT2D eigenvalue weighted by Gasteiger charge is 2.11. The molecule has 0 aliphatic carbocycles. The molecule has 0 radical (unpaired) electrons. The van der Waals surface area contributed by atoms with E-state index in [1.54, 1.807) is 10.9 Å². The van der Waals surface area contributed by atoms with Gasteiger partial charge in [-0.05, 0) is 30.5 Å². The maximum absolute atomic E-state index is 12.3. The molecule has 0 aliphatic rings. The highest BCUT2D eigenvalue weighted by Crippen LogP contribution is 2.23. The summed E-state index contributed by atoms with van der Waals surface area (Å²) in [5.41, 5.74) is 2.81. The summed E-state index contributed by atoms with van der Waals surface area (Å²) in [5.74, 6) is 1.13. The van der Waals surface area contributed by atoms with Crippen molar-refractivity contribution < 1.29 is 4.39 Å². The average Bonchev–Trinajstić information content (AvgIpc) is 2.97. The fraction of sp³-hybridized carbons (Fsp3) is 0.353. The second-order valence-electron chi connectivity index (χ2n) is 5.81. The van der Waals surface area contributed by atoms with E-state index in [1.165, 1.54) is 0 Å². The van der Waals surface area contributed by atoms with Gasteiger partial charge in [-0.25, -0.2) is 0 Å². The Bertz CT molecular complexity index is 879. The van der Waals surface area contributed by atoms with Gasteiger partial charge in [-0.3, -0.25) is 9.07 Å². The molecule has 0 aliphatic heterocycles. The summed E-state index contributed by atoms with van der Waals surface area (Å²) in [6.45, 7) is 2.65. The van der Waals surface area contributed by atoms with Crippen LogP contribution in [0, 0.1) is 6.92 Å². The van der Waals surface area contributed by atoms with Crippen LogP contribution in [0.5, 0.6) is 0 Å². The van der Waals surface area contributed by atoms with E-state index in [0.717, 1.165) is 21.5 Å². The zero-order valence-electron chi connectivity index (χ0n) is 14.2. The van der Waals surface area contributed by atoms with Crippen molar-refractivity contribution in [2.45, 2.75) is 19.9 Å². The number of halogens is 2. The summed E-state index contributed by atoms with van der Waals surface area (Å²) in [6.07, 6.45) is 2.14. The van der Waals surface area contributed by atoms with Gasteiger partial charge in [0.1, 0.15) is 5.82 Å². The Morgan fingerprint density at radius 2 is 2.08 bits per heavy atom. The van der Waals surface area contributed by atoms with Crippen LogP contribution in [0.4, 0.5) is 16.2 Å². The molecule has 0 atom stereocenters. The number of hydrogen-bond acceptors (Lipinski definition) is 5. The Kier molecular flexibility index (Phi) is 5.33. The monoisotopic (exact) mass is 362 g/mol. The summed E-state index contributed by atoms with van der Waals surface area (Å²) < 4.78 is 14.0. The van der Waals surface area contributed by atoms with Crippen molar-refractivity contribution >= 4 is 34.4 Å². The Balaban J connectivity index is 1.84. The van der Waals surface area contributed by atoms with Crippen molar-refractivity contribution in [1.29, 1.82) is 0 Å². The zero-order chi connectivity index (χ0) is 17.8. The summed E-state index contributed by atoms with van der Waals surface area (Å²) >= 11 is 6.18. The smallest absolute Gasteiger partial charge is 0.226 e. The van der Waals surface area contributed by atoms with Crippen LogP contribution in [0.2, 0.25) is 5.02 Å². The average molecular weight is 363 g/mol. The molecule has 3 rings (SSSR count). The molecule has 3 aromatic rings. The molecule has 0 bridgehead atoms. The van der Waals surface area contributed by atoms with Gasteiger partial charge in [-0.1, -0.05) is 23.7 Å². The Morgan fingerprint density at radius 1 is 1.24 bits per heavy atom. The first-order chi connectivity index (χ1) is 12.1. The van der Waals surface area contributed by atoms with E-state index in [4.69, 9.17) is 11.6 Å². The Morgan fingerprint density at radius 3 is 2.84 bits per heavy atom. The number of hydrogen-bond donors (Lipinski definition) is 2. The zero-order valence-corrected chi connectivity index (χ0v) is 14.9. The lowest BCUT2D eigenvalue weighted by atomic mass is 10.1. The predicted octanol–water partition coefficient (Wildman–Crippen LogP) is 3.71. The van der Waals surface area contributed by atoms with Crippen molar-refractivity contribution in [3.63, 3.8) is 0 Å². The third kappa shape index (κ3) is 3.99. The Hall–Kier alpha value is -2.41. The number of alkyl halides is 1. The van der Waals surface area contributed by atoms with Gasteiger partial charge in [-0.2, -0.15) is 15.1 Å². The highest BCUT2D eigenvalue weighted by atomic mass is 35.5. The van der Waals surface area contributed by atoms with E-state index < -0.39 is 0 Å². The SMILES string of the molecule is Cc1ccc(CNc2nc(NCCCF)nc3c2cnn3C)cc1Cl. The number of benzene rings is 1. The molecule has 132 valence electrons. The van der Waals surface area contributed by atoms with Gasteiger partial charge >= 0.3 is 0 Å². The molecular formula is C17H20ClFN6. The summed E-state index contributed by atoms with van der Waals surface area (Å²) in [6, 6.07) is 5.95. The minimum Gasteiger partial charge on any atom is -0.365 e. The number of anilines is 2. The summed E-state index contributed by atoms with van der Waals surface area (Å²) in [7, 11) is 1.82. The number of nitrogens with zero attached hydrogens (tertiary/aromatic N) is 4. The first-order valence-electron chi connectivity index (χ1n) is 8.07. The largest absolute Gasteiger partial charge is 0.365 e. The van der Waals surface area contributed by atoms with Gasteiger partial charge in [-0.15, -0.1) is 0 Å². The first kappa shape index (κ1) is 17.4. The lowest BCUT2D eigenvalue weighted by Gasteiger charge is -2.11. The van der Waals surface area contributed by atoms with Crippen LogP contribution in [0.15, 0.2) is 24.4 Å². The van der Waals surface area contributed by atoms with Crippen LogP contribution in [-0.4, -0.2) is 33.0 Å². The minimum atomic E-state index is -0.375. The molecule has 25 heavy (non-hydrogen) atoms. The van der Waals surface area contributed by atoms with Crippen molar-refractivity contribution in [3.8, 4) is 0 Å². The van der Waals surface area contributed by atoms with E-state index in [2.05, 4.69) is 25.7 Å². The summed E-state index contributed by atoms with van der Waals surface area (Å²) in [5, 5.41) is 12.2. The maximum atomic E-state index is 12.3. The Labute approximate surface area is 150 Å². The number of rotatable bonds is 7. The van der Waals surface area contributed by atoms with Crippen LogP contribution >= 0.6 is 11.6 Å². The van der Waals surface area contributed by atoms with E-state index >= 15 is 0 Å². The molecule has 2 N–H and O–H groups in total. The molecule has 2 aromatic heterocycles. The van der Waals surface area contributed by atoms with Gasteiger partial charge < -0.3 is 10.6 Å². The van der Waals surface area contributed by atoms with Crippen LogP contribution in [-0.2, 0) is 13.6 Å². The van der Waals surface area contributed by atoms with Gasteiger partial charge in [0.25, 0.3) is 0 Å². The van der Waals surface area contributed by atoms with Gasteiger partial charge in [0.15, 0.2) is 5.65 Å². The van der Waals surface area contributed by atoms with Crippen molar-refractivity contribution in [1.82, 2.24) is 19.7 Å². The first-order valence-corrected chi connectivity index (χ1v) is 8.45.